The third-order valence-corrected chi connectivity index (χ3v) is 4.04. The molecule has 0 aliphatic carbocycles. The van der Waals surface area contributed by atoms with Gasteiger partial charge < -0.3 is 15.8 Å². The molecule has 0 radical (unpaired) electrons. The Hall–Kier alpha value is -1.14. The van der Waals surface area contributed by atoms with E-state index < -0.39 is 0 Å². The highest BCUT2D eigenvalue weighted by Crippen LogP contribution is 2.21. The Morgan fingerprint density at radius 2 is 2.47 bits per heavy atom. The summed E-state index contributed by atoms with van der Waals surface area (Å²) in [5.74, 6) is 0.320. The molecule has 0 spiro atoms. The molecule has 1 aromatic heterocycles. The molecule has 2 heterocycles. The summed E-state index contributed by atoms with van der Waals surface area (Å²) in [7, 11) is 0. The van der Waals surface area contributed by atoms with Crippen molar-refractivity contribution in [1.29, 1.82) is 0 Å². The highest BCUT2D eigenvalue weighted by atomic mass is 32.1. The number of carbonyl (C=O) groups is 1. The monoisotopic (exact) mass is 255 g/mol. The lowest BCUT2D eigenvalue weighted by Gasteiger charge is -2.18. The first kappa shape index (κ1) is 12.3. The van der Waals surface area contributed by atoms with Crippen molar-refractivity contribution in [3.05, 3.63) is 10.6 Å². The van der Waals surface area contributed by atoms with E-state index in [0.29, 0.717) is 21.6 Å². The zero-order valence-corrected chi connectivity index (χ0v) is 10.8. The number of amides is 1. The van der Waals surface area contributed by atoms with Gasteiger partial charge in [-0.1, -0.05) is 11.3 Å². The van der Waals surface area contributed by atoms with Crippen molar-refractivity contribution in [1.82, 2.24) is 10.3 Å². The molecule has 94 valence electrons. The Morgan fingerprint density at radius 1 is 1.71 bits per heavy atom. The van der Waals surface area contributed by atoms with Crippen LogP contribution < -0.4 is 11.1 Å². The number of nitrogens with zero attached hydrogens (tertiary/aromatic N) is 1. The van der Waals surface area contributed by atoms with Crippen molar-refractivity contribution < 1.29 is 9.53 Å². The zero-order chi connectivity index (χ0) is 12.4. The lowest BCUT2D eigenvalue weighted by molar-refractivity contribution is 0.0925. The number of hydrogen-bond donors (Lipinski definition) is 2. The van der Waals surface area contributed by atoms with Gasteiger partial charge in [-0.15, -0.1) is 0 Å². The van der Waals surface area contributed by atoms with E-state index in [1.54, 1.807) is 6.92 Å². The molecule has 1 saturated heterocycles. The minimum Gasteiger partial charge on any atom is -0.381 e. The van der Waals surface area contributed by atoms with Crippen LogP contribution in [0.15, 0.2) is 0 Å². The Morgan fingerprint density at radius 3 is 3.00 bits per heavy atom. The molecule has 5 nitrogen and oxygen atoms in total. The molecule has 1 aromatic rings. The summed E-state index contributed by atoms with van der Waals surface area (Å²) in [6.45, 7) is 5.32. The van der Waals surface area contributed by atoms with Crippen molar-refractivity contribution in [2.24, 2.45) is 5.92 Å². The molecule has 2 atom stereocenters. The van der Waals surface area contributed by atoms with Gasteiger partial charge in [-0.25, -0.2) is 4.98 Å². The third kappa shape index (κ3) is 2.76. The van der Waals surface area contributed by atoms with E-state index in [9.17, 15) is 4.79 Å². The van der Waals surface area contributed by atoms with E-state index in [0.717, 1.165) is 19.6 Å². The van der Waals surface area contributed by atoms with E-state index in [1.807, 2.05) is 6.92 Å². The number of aryl methyl sites for hydroxylation is 1. The fourth-order valence-electron chi connectivity index (χ4n) is 1.97. The minimum atomic E-state index is -0.0869. The number of ether oxygens (including phenoxy) is 1. The van der Waals surface area contributed by atoms with E-state index in [1.165, 1.54) is 11.3 Å². The maximum absolute atomic E-state index is 12.0. The number of carbonyl (C=O) groups excluding carboxylic acids is 1. The molecule has 1 aliphatic rings. The molecule has 0 saturated carbocycles. The van der Waals surface area contributed by atoms with Crippen molar-refractivity contribution in [3.63, 3.8) is 0 Å². The molecular formula is C11H17N3O2S. The number of anilines is 1. The van der Waals surface area contributed by atoms with Gasteiger partial charge in [0.25, 0.3) is 5.91 Å². The molecule has 6 heteroatoms. The number of aromatic nitrogens is 1. The summed E-state index contributed by atoms with van der Waals surface area (Å²) >= 11 is 1.23. The first-order chi connectivity index (χ1) is 8.08. The van der Waals surface area contributed by atoms with E-state index in [4.69, 9.17) is 10.5 Å². The standard InChI is InChI=1S/C11H17N3O2S/c1-6(8-3-4-16-5-8)13-10(15)9-7(2)14-11(12)17-9/h6,8H,3-5H2,1-2H3,(H2,12,14)(H,13,15). The lowest BCUT2D eigenvalue weighted by atomic mass is 10.0. The van der Waals surface area contributed by atoms with Crippen LogP contribution in [-0.4, -0.2) is 30.1 Å². The molecule has 1 fully saturated rings. The van der Waals surface area contributed by atoms with Gasteiger partial charge in [0.2, 0.25) is 0 Å². The molecule has 1 aliphatic heterocycles. The second-order valence-electron chi connectivity index (χ2n) is 4.35. The van der Waals surface area contributed by atoms with Crippen molar-refractivity contribution >= 4 is 22.4 Å². The summed E-state index contributed by atoms with van der Waals surface area (Å²) in [5, 5.41) is 3.42. The van der Waals surface area contributed by atoms with E-state index in [2.05, 4.69) is 10.3 Å². The van der Waals surface area contributed by atoms with Crippen molar-refractivity contribution in [2.75, 3.05) is 18.9 Å². The number of nitrogen functional groups attached to an aromatic ring is 1. The average molecular weight is 255 g/mol. The fourth-order valence-corrected chi connectivity index (χ4v) is 2.70. The first-order valence-electron chi connectivity index (χ1n) is 5.69. The Labute approximate surface area is 104 Å². The molecule has 3 N–H and O–H groups in total. The highest BCUT2D eigenvalue weighted by molar-refractivity contribution is 7.17. The third-order valence-electron chi connectivity index (χ3n) is 3.05. The topological polar surface area (TPSA) is 77.2 Å². The van der Waals surface area contributed by atoms with Crippen LogP contribution in [0.2, 0.25) is 0 Å². The van der Waals surface area contributed by atoms with E-state index in [-0.39, 0.29) is 11.9 Å². The van der Waals surface area contributed by atoms with Crippen molar-refractivity contribution in [3.8, 4) is 0 Å². The summed E-state index contributed by atoms with van der Waals surface area (Å²) in [4.78, 5) is 16.7. The van der Waals surface area contributed by atoms with Gasteiger partial charge in [0.15, 0.2) is 5.13 Å². The number of hydrogen-bond acceptors (Lipinski definition) is 5. The Bertz CT molecular complexity index is 413. The van der Waals surface area contributed by atoms with Gasteiger partial charge in [0.1, 0.15) is 4.88 Å². The van der Waals surface area contributed by atoms with Crippen LogP contribution >= 0.6 is 11.3 Å². The maximum Gasteiger partial charge on any atom is 0.263 e. The van der Waals surface area contributed by atoms with Crippen molar-refractivity contribution in [2.45, 2.75) is 26.3 Å². The highest BCUT2D eigenvalue weighted by Gasteiger charge is 2.25. The van der Waals surface area contributed by atoms with Crippen LogP contribution in [0.4, 0.5) is 5.13 Å². The van der Waals surface area contributed by atoms with Gasteiger partial charge in [-0.2, -0.15) is 0 Å². The van der Waals surface area contributed by atoms with E-state index >= 15 is 0 Å². The molecular weight excluding hydrogens is 238 g/mol. The molecule has 2 unspecified atom stereocenters. The van der Waals surface area contributed by atoms with Crippen LogP contribution in [0, 0.1) is 12.8 Å². The van der Waals surface area contributed by atoms with Crippen LogP contribution in [0.3, 0.4) is 0 Å². The summed E-state index contributed by atoms with van der Waals surface area (Å²) in [6.07, 6.45) is 1.01. The maximum atomic E-state index is 12.0. The second kappa shape index (κ2) is 5.01. The van der Waals surface area contributed by atoms with Gasteiger partial charge in [-0.3, -0.25) is 4.79 Å². The van der Waals surface area contributed by atoms with Crippen LogP contribution in [0.5, 0.6) is 0 Å². The fraction of sp³-hybridized carbons (Fsp3) is 0.636. The predicted octanol–water partition coefficient (Wildman–Crippen LogP) is 1.19. The molecule has 1 amide bonds. The van der Waals surface area contributed by atoms with Crippen LogP contribution in [0.25, 0.3) is 0 Å². The predicted molar refractivity (Wildman–Crippen MR) is 67.1 cm³/mol. The molecule has 2 rings (SSSR count). The van der Waals surface area contributed by atoms with Gasteiger partial charge in [0, 0.05) is 18.6 Å². The lowest BCUT2D eigenvalue weighted by Crippen LogP contribution is -2.38. The number of thiazole rings is 1. The summed E-state index contributed by atoms with van der Waals surface area (Å²) in [6, 6.07) is 0.118. The molecule has 0 bridgehead atoms. The van der Waals surface area contributed by atoms with Gasteiger partial charge in [-0.05, 0) is 20.3 Å². The van der Waals surface area contributed by atoms with Gasteiger partial charge >= 0.3 is 0 Å². The molecule has 0 aromatic carbocycles. The SMILES string of the molecule is Cc1nc(N)sc1C(=O)NC(C)C1CCOC1. The van der Waals surface area contributed by atoms with Crippen LogP contribution in [0.1, 0.15) is 28.7 Å². The first-order valence-corrected chi connectivity index (χ1v) is 6.51. The number of rotatable bonds is 3. The van der Waals surface area contributed by atoms with Gasteiger partial charge in [0.05, 0.1) is 12.3 Å². The number of nitrogens with two attached hydrogens (primary N) is 1. The number of nitrogens with one attached hydrogen (secondary N) is 1. The normalized spacial score (nSPS) is 21.4. The second-order valence-corrected chi connectivity index (χ2v) is 5.38. The van der Waals surface area contributed by atoms with Crippen LogP contribution in [-0.2, 0) is 4.74 Å². The zero-order valence-electron chi connectivity index (χ0n) is 10.0. The smallest absolute Gasteiger partial charge is 0.263 e. The summed E-state index contributed by atoms with van der Waals surface area (Å²) < 4.78 is 5.31. The minimum absolute atomic E-state index is 0.0869. The Kier molecular flexibility index (Phi) is 3.63. The molecule has 17 heavy (non-hydrogen) atoms. The average Bonchev–Trinajstić information content (AvgIpc) is 2.87. The Balaban J connectivity index is 1.98. The quantitative estimate of drug-likeness (QED) is 0.850. The largest absolute Gasteiger partial charge is 0.381 e. The summed E-state index contributed by atoms with van der Waals surface area (Å²) in [5.41, 5.74) is 6.27.